The van der Waals surface area contributed by atoms with Crippen LogP contribution < -0.4 is 16.6 Å². The Labute approximate surface area is 101 Å². The first kappa shape index (κ1) is 13.7. The van der Waals surface area contributed by atoms with Crippen LogP contribution in [0, 0.1) is 6.92 Å². The van der Waals surface area contributed by atoms with Crippen LogP contribution in [0.2, 0.25) is 0 Å². The van der Waals surface area contributed by atoms with Gasteiger partial charge in [0.05, 0.1) is 5.75 Å². The van der Waals surface area contributed by atoms with Crippen LogP contribution in [0.5, 0.6) is 0 Å². The molecular formula is C9H17N5O2S. The zero-order chi connectivity index (χ0) is 12.9. The molecule has 1 heterocycles. The number of aromatic nitrogens is 2. The molecule has 0 aliphatic carbocycles. The second kappa shape index (κ2) is 5.78. The summed E-state index contributed by atoms with van der Waals surface area (Å²) in [4.78, 5) is 8.06. The first-order chi connectivity index (χ1) is 7.96. The van der Waals surface area contributed by atoms with Crippen molar-refractivity contribution in [2.75, 3.05) is 28.8 Å². The fraction of sp³-hybridized carbons (Fsp3) is 0.556. The van der Waals surface area contributed by atoms with Gasteiger partial charge < -0.3 is 5.32 Å². The van der Waals surface area contributed by atoms with Crippen LogP contribution >= 0.6 is 0 Å². The maximum Gasteiger partial charge on any atom is 0.239 e. The predicted octanol–water partition coefficient (Wildman–Crippen LogP) is -0.0828. The number of aryl methyl sites for hydroxylation is 1. The molecule has 0 radical (unpaired) electrons. The summed E-state index contributed by atoms with van der Waals surface area (Å²) in [5.74, 6) is 6.29. The summed E-state index contributed by atoms with van der Waals surface area (Å²) in [5, 5.41) is 2.92. The zero-order valence-corrected chi connectivity index (χ0v) is 10.7. The number of nitrogens with one attached hydrogen (secondary N) is 2. The van der Waals surface area contributed by atoms with E-state index in [1.54, 1.807) is 19.9 Å². The van der Waals surface area contributed by atoms with E-state index >= 15 is 0 Å². The van der Waals surface area contributed by atoms with Crippen molar-refractivity contribution in [1.29, 1.82) is 0 Å². The summed E-state index contributed by atoms with van der Waals surface area (Å²) in [7, 11) is -2.96. The molecule has 1 rings (SSSR count). The number of anilines is 2. The number of hydrazine groups is 1. The monoisotopic (exact) mass is 259 g/mol. The van der Waals surface area contributed by atoms with E-state index < -0.39 is 9.84 Å². The topological polar surface area (TPSA) is 110 Å². The third kappa shape index (κ3) is 4.53. The number of rotatable bonds is 6. The van der Waals surface area contributed by atoms with Gasteiger partial charge in [0, 0.05) is 24.1 Å². The molecule has 4 N–H and O–H groups in total. The minimum absolute atomic E-state index is 0.0813. The maximum atomic E-state index is 11.3. The normalized spacial score (nSPS) is 11.2. The summed E-state index contributed by atoms with van der Waals surface area (Å²) >= 11 is 0. The molecule has 96 valence electrons. The van der Waals surface area contributed by atoms with Gasteiger partial charge in [-0.2, -0.15) is 4.98 Å². The summed E-state index contributed by atoms with van der Waals surface area (Å²) < 4.78 is 22.5. The Morgan fingerprint density at radius 3 is 2.71 bits per heavy atom. The molecule has 0 fully saturated rings. The highest BCUT2D eigenvalue weighted by Gasteiger charge is 2.07. The van der Waals surface area contributed by atoms with Crippen LogP contribution in [0.25, 0.3) is 0 Å². The van der Waals surface area contributed by atoms with E-state index in [9.17, 15) is 8.42 Å². The lowest BCUT2D eigenvalue weighted by Gasteiger charge is -2.07. The molecule has 0 aromatic carbocycles. The molecule has 0 aliphatic rings. The molecular weight excluding hydrogens is 242 g/mol. The van der Waals surface area contributed by atoms with E-state index in [-0.39, 0.29) is 11.5 Å². The quantitative estimate of drug-likeness (QED) is 0.484. The first-order valence-corrected chi connectivity index (χ1v) is 7.05. The SMILES string of the molecule is CCS(=O)(=O)CCNc1cc(C)nc(NN)n1. The van der Waals surface area contributed by atoms with Gasteiger partial charge >= 0.3 is 0 Å². The van der Waals surface area contributed by atoms with Crippen molar-refractivity contribution >= 4 is 21.6 Å². The largest absolute Gasteiger partial charge is 0.369 e. The number of sulfone groups is 1. The van der Waals surface area contributed by atoms with Crippen molar-refractivity contribution in [3.63, 3.8) is 0 Å². The Balaban J connectivity index is 2.61. The third-order valence-electron chi connectivity index (χ3n) is 2.14. The average molecular weight is 259 g/mol. The highest BCUT2D eigenvalue weighted by Crippen LogP contribution is 2.08. The molecule has 1 aromatic heterocycles. The van der Waals surface area contributed by atoms with E-state index in [0.717, 1.165) is 5.69 Å². The molecule has 17 heavy (non-hydrogen) atoms. The number of nitrogen functional groups attached to an aromatic ring is 1. The molecule has 0 saturated carbocycles. The van der Waals surface area contributed by atoms with Gasteiger partial charge in [0.2, 0.25) is 5.95 Å². The van der Waals surface area contributed by atoms with E-state index in [0.29, 0.717) is 18.3 Å². The maximum absolute atomic E-state index is 11.3. The van der Waals surface area contributed by atoms with Gasteiger partial charge in [-0.3, -0.25) is 5.43 Å². The Bertz CT molecular complexity index is 474. The van der Waals surface area contributed by atoms with Crippen molar-refractivity contribution in [1.82, 2.24) is 9.97 Å². The van der Waals surface area contributed by atoms with Gasteiger partial charge in [-0.05, 0) is 6.92 Å². The lowest BCUT2D eigenvalue weighted by atomic mass is 10.4. The molecule has 7 nitrogen and oxygen atoms in total. The number of hydrogen-bond acceptors (Lipinski definition) is 7. The molecule has 0 amide bonds. The van der Waals surface area contributed by atoms with E-state index in [2.05, 4.69) is 20.7 Å². The molecule has 1 aromatic rings. The van der Waals surface area contributed by atoms with Gasteiger partial charge in [-0.25, -0.2) is 19.2 Å². The number of nitrogens with zero attached hydrogens (tertiary/aromatic N) is 2. The van der Waals surface area contributed by atoms with Gasteiger partial charge in [0.1, 0.15) is 5.82 Å². The van der Waals surface area contributed by atoms with Crippen LogP contribution in [0.3, 0.4) is 0 Å². The summed E-state index contributed by atoms with van der Waals surface area (Å²) in [5.41, 5.74) is 3.09. The summed E-state index contributed by atoms with van der Waals surface area (Å²) in [6.45, 7) is 3.74. The summed E-state index contributed by atoms with van der Waals surface area (Å²) in [6, 6.07) is 1.72. The van der Waals surface area contributed by atoms with Gasteiger partial charge in [-0.15, -0.1) is 0 Å². The van der Waals surface area contributed by atoms with Crippen LogP contribution in [-0.2, 0) is 9.84 Å². The molecule has 0 atom stereocenters. The standard InChI is InChI=1S/C9H17N5O2S/c1-3-17(15,16)5-4-11-8-6-7(2)12-9(13-8)14-10/h6H,3-5,10H2,1-2H3,(H2,11,12,13,14). The highest BCUT2D eigenvalue weighted by atomic mass is 32.2. The van der Waals surface area contributed by atoms with Gasteiger partial charge in [0.25, 0.3) is 0 Å². The lowest BCUT2D eigenvalue weighted by molar-refractivity contribution is 0.597. The zero-order valence-electron chi connectivity index (χ0n) is 9.90. The van der Waals surface area contributed by atoms with Crippen LogP contribution in [0.15, 0.2) is 6.07 Å². The van der Waals surface area contributed by atoms with Crippen LogP contribution in [0.1, 0.15) is 12.6 Å². The Kier molecular flexibility index (Phi) is 4.64. The first-order valence-electron chi connectivity index (χ1n) is 5.23. The molecule has 0 saturated heterocycles. The Morgan fingerprint density at radius 2 is 2.12 bits per heavy atom. The minimum atomic E-state index is -2.96. The van der Waals surface area contributed by atoms with Gasteiger partial charge in [-0.1, -0.05) is 6.92 Å². The smallest absolute Gasteiger partial charge is 0.239 e. The van der Waals surface area contributed by atoms with Crippen molar-refractivity contribution in [3.8, 4) is 0 Å². The van der Waals surface area contributed by atoms with Crippen molar-refractivity contribution < 1.29 is 8.42 Å². The van der Waals surface area contributed by atoms with E-state index in [1.807, 2.05) is 0 Å². The second-order valence-corrected chi connectivity index (χ2v) is 6.00. The molecule has 0 aliphatic heterocycles. The fourth-order valence-electron chi connectivity index (χ4n) is 1.20. The molecule has 8 heteroatoms. The minimum Gasteiger partial charge on any atom is -0.369 e. The van der Waals surface area contributed by atoms with Crippen LogP contribution in [-0.4, -0.2) is 36.4 Å². The molecule has 0 bridgehead atoms. The highest BCUT2D eigenvalue weighted by molar-refractivity contribution is 7.91. The summed E-state index contributed by atoms with van der Waals surface area (Å²) in [6.07, 6.45) is 0. The Hall–Kier alpha value is -1.41. The third-order valence-corrected chi connectivity index (χ3v) is 3.85. The predicted molar refractivity (Wildman–Crippen MR) is 67.4 cm³/mol. The Morgan fingerprint density at radius 1 is 1.41 bits per heavy atom. The molecule has 0 unspecified atom stereocenters. The fourth-order valence-corrected chi connectivity index (χ4v) is 1.90. The van der Waals surface area contributed by atoms with E-state index in [4.69, 9.17) is 5.84 Å². The lowest BCUT2D eigenvalue weighted by Crippen LogP contribution is -2.18. The second-order valence-electron chi connectivity index (χ2n) is 3.53. The average Bonchev–Trinajstić information content (AvgIpc) is 2.28. The van der Waals surface area contributed by atoms with Crippen molar-refractivity contribution in [2.24, 2.45) is 5.84 Å². The van der Waals surface area contributed by atoms with Crippen molar-refractivity contribution in [3.05, 3.63) is 11.8 Å². The number of hydrogen-bond donors (Lipinski definition) is 3. The van der Waals surface area contributed by atoms with Crippen molar-refractivity contribution in [2.45, 2.75) is 13.8 Å². The van der Waals surface area contributed by atoms with Crippen LogP contribution in [0.4, 0.5) is 11.8 Å². The molecule has 0 spiro atoms. The van der Waals surface area contributed by atoms with Gasteiger partial charge in [0.15, 0.2) is 9.84 Å². The van der Waals surface area contributed by atoms with E-state index in [1.165, 1.54) is 0 Å². The number of nitrogens with two attached hydrogens (primary N) is 1.